The number of aryl methyl sites for hydroxylation is 1. The van der Waals surface area contributed by atoms with Gasteiger partial charge in [-0.2, -0.15) is 0 Å². The van der Waals surface area contributed by atoms with E-state index in [4.69, 9.17) is 4.74 Å². The fourth-order valence-electron chi connectivity index (χ4n) is 3.20. The van der Waals surface area contributed by atoms with Crippen molar-refractivity contribution >= 4 is 16.8 Å². The Bertz CT molecular complexity index is 1030. The van der Waals surface area contributed by atoms with Crippen LogP contribution in [0.15, 0.2) is 47.5 Å². The minimum Gasteiger partial charge on any atom is -0.491 e. The van der Waals surface area contributed by atoms with Crippen molar-refractivity contribution in [3.63, 3.8) is 0 Å². The van der Waals surface area contributed by atoms with Crippen LogP contribution in [0, 0.1) is 6.92 Å². The number of unbranched alkanes of at least 4 members (excludes halogenated alkanes) is 2. The molecular formula is C23H27N3O3. The minimum absolute atomic E-state index is 0.105. The van der Waals surface area contributed by atoms with Crippen LogP contribution in [0.3, 0.4) is 0 Å². The molecule has 0 saturated carbocycles. The van der Waals surface area contributed by atoms with Crippen LogP contribution in [0.2, 0.25) is 0 Å². The van der Waals surface area contributed by atoms with Gasteiger partial charge in [-0.3, -0.25) is 14.6 Å². The smallest absolute Gasteiger partial charge is 0.261 e. The predicted molar refractivity (Wildman–Crippen MR) is 115 cm³/mol. The Labute approximate surface area is 170 Å². The Morgan fingerprint density at radius 2 is 1.97 bits per heavy atom. The van der Waals surface area contributed by atoms with E-state index in [1.165, 1.54) is 0 Å². The number of ether oxygens (including phenoxy) is 1. The van der Waals surface area contributed by atoms with Gasteiger partial charge in [0.05, 0.1) is 12.1 Å². The number of carbonyl (C=O) groups excluding carboxylic acids is 1. The highest BCUT2D eigenvalue weighted by Crippen LogP contribution is 2.27. The van der Waals surface area contributed by atoms with Crippen LogP contribution in [0.4, 0.5) is 0 Å². The molecule has 0 spiro atoms. The normalized spacial score (nSPS) is 10.8. The van der Waals surface area contributed by atoms with Crippen LogP contribution in [0.25, 0.3) is 10.9 Å². The number of pyridine rings is 2. The first-order valence-electron chi connectivity index (χ1n) is 10.1. The molecule has 6 heteroatoms. The van der Waals surface area contributed by atoms with Gasteiger partial charge in [-0.1, -0.05) is 31.9 Å². The Morgan fingerprint density at radius 3 is 2.72 bits per heavy atom. The van der Waals surface area contributed by atoms with Gasteiger partial charge in [0.1, 0.15) is 11.3 Å². The average molecular weight is 393 g/mol. The quantitative estimate of drug-likeness (QED) is 0.542. The van der Waals surface area contributed by atoms with Crippen molar-refractivity contribution in [3.05, 3.63) is 69.8 Å². The van der Waals surface area contributed by atoms with Crippen LogP contribution in [0.5, 0.6) is 5.75 Å². The molecule has 0 bridgehead atoms. The van der Waals surface area contributed by atoms with Crippen molar-refractivity contribution in [1.29, 1.82) is 0 Å². The number of hydrogen-bond acceptors (Lipinski definition) is 4. The number of aromatic nitrogens is 2. The molecule has 2 N–H and O–H groups in total. The van der Waals surface area contributed by atoms with Gasteiger partial charge in [0.2, 0.25) is 0 Å². The summed E-state index contributed by atoms with van der Waals surface area (Å²) in [5, 5.41) is 3.59. The molecule has 2 heterocycles. The molecule has 0 aliphatic rings. The van der Waals surface area contributed by atoms with Gasteiger partial charge in [0.15, 0.2) is 0 Å². The van der Waals surface area contributed by atoms with Gasteiger partial charge in [0, 0.05) is 24.3 Å². The van der Waals surface area contributed by atoms with E-state index in [0.29, 0.717) is 30.8 Å². The first-order chi connectivity index (χ1) is 14.1. The molecule has 1 amide bonds. The molecule has 3 rings (SSSR count). The second-order valence-electron chi connectivity index (χ2n) is 7.10. The lowest BCUT2D eigenvalue weighted by atomic mass is 10.1. The topological polar surface area (TPSA) is 84.1 Å². The van der Waals surface area contributed by atoms with Gasteiger partial charge in [-0.25, -0.2) is 0 Å². The third kappa shape index (κ3) is 5.22. The molecule has 1 aromatic carbocycles. The molecule has 152 valence electrons. The maximum atomic E-state index is 12.6. The first kappa shape index (κ1) is 20.6. The second-order valence-corrected chi connectivity index (χ2v) is 7.10. The summed E-state index contributed by atoms with van der Waals surface area (Å²) in [7, 11) is 0. The van der Waals surface area contributed by atoms with Crippen molar-refractivity contribution in [3.8, 4) is 5.75 Å². The molecule has 0 aliphatic carbocycles. The summed E-state index contributed by atoms with van der Waals surface area (Å²) >= 11 is 0. The number of H-pyrrole nitrogens is 1. The van der Waals surface area contributed by atoms with E-state index < -0.39 is 5.56 Å². The number of nitrogens with one attached hydrogen (secondary N) is 2. The number of hydrogen-bond donors (Lipinski definition) is 2. The molecule has 3 aromatic rings. The summed E-state index contributed by atoms with van der Waals surface area (Å²) in [6.07, 6.45) is 7.30. The number of amides is 1. The Morgan fingerprint density at radius 1 is 1.17 bits per heavy atom. The molecule has 0 atom stereocenters. The van der Waals surface area contributed by atoms with Crippen molar-refractivity contribution in [1.82, 2.24) is 15.3 Å². The highest BCUT2D eigenvalue weighted by atomic mass is 16.5. The fraction of sp³-hybridized carbons (Fsp3) is 0.348. The van der Waals surface area contributed by atoms with Crippen LogP contribution in [-0.2, 0) is 6.42 Å². The van der Waals surface area contributed by atoms with Crippen LogP contribution in [-0.4, -0.2) is 29.0 Å². The number of carbonyl (C=O) groups is 1. The number of nitrogens with zero attached hydrogens (tertiary/aromatic N) is 1. The lowest BCUT2D eigenvalue weighted by Gasteiger charge is -2.13. The van der Waals surface area contributed by atoms with Crippen LogP contribution >= 0.6 is 0 Å². The minimum atomic E-state index is -0.414. The third-order valence-electron chi connectivity index (χ3n) is 4.86. The molecular weight excluding hydrogens is 366 g/mol. The number of aromatic amines is 1. The van der Waals surface area contributed by atoms with Crippen molar-refractivity contribution in [2.75, 3.05) is 13.2 Å². The number of fused-ring (bicyclic) bond motifs is 1. The maximum absolute atomic E-state index is 12.6. The summed E-state index contributed by atoms with van der Waals surface area (Å²) in [5.41, 5.74) is 2.36. The second kappa shape index (κ2) is 9.87. The van der Waals surface area contributed by atoms with Crippen molar-refractivity contribution in [2.45, 2.75) is 39.5 Å². The van der Waals surface area contributed by atoms with Gasteiger partial charge in [0.25, 0.3) is 11.5 Å². The maximum Gasteiger partial charge on any atom is 0.261 e. The number of benzene rings is 1. The Hall–Kier alpha value is -3.15. The van der Waals surface area contributed by atoms with E-state index >= 15 is 0 Å². The Kier molecular flexibility index (Phi) is 7.00. The zero-order valence-electron chi connectivity index (χ0n) is 17.0. The largest absolute Gasteiger partial charge is 0.491 e. The van der Waals surface area contributed by atoms with E-state index in [1.807, 2.05) is 31.2 Å². The zero-order valence-corrected chi connectivity index (χ0v) is 17.0. The summed E-state index contributed by atoms with van der Waals surface area (Å²) < 4.78 is 5.95. The number of rotatable bonds is 9. The molecule has 0 saturated heterocycles. The predicted octanol–water partition coefficient (Wildman–Crippen LogP) is 3.77. The van der Waals surface area contributed by atoms with E-state index in [0.717, 1.165) is 35.8 Å². The van der Waals surface area contributed by atoms with Crippen molar-refractivity contribution in [2.24, 2.45) is 0 Å². The Balaban J connectivity index is 1.75. The SMILES string of the molecule is CCCCCOc1c(C)ccc2cc(C(=O)NCCc3ccncc3)c(=O)[nH]c12. The first-order valence-corrected chi connectivity index (χ1v) is 10.1. The van der Waals surface area contributed by atoms with Crippen LogP contribution < -0.4 is 15.6 Å². The summed E-state index contributed by atoms with van der Waals surface area (Å²) in [4.78, 5) is 31.9. The third-order valence-corrected chi connectivity index (χ3v) is 4.86. The monoisotopic (exact) mass is 393 g/mol. The highest BCUT2D eigenvalue weighted by molar-refractivity contribution is 5.98. The lowest BCUT2D eigenvalue weighted by Crippen LogP contribution is -2.31. The molecule has 29 heavy (non-hydrogen) atoms. The van der Waals surface area contributed by atoms with E-state index in [9.17, 15) is 9.59 Å². The molecule has 0 aliphatic heterocycles. The summed E-state index contributed by atoms with van der Waals surface area (Å²) in [6.45, 7) is 5.14. The molecule has 6 nitrogen and oxygen atoms in total. The highest BCUT2D eigenvalue weighted by Gasteiger charge is 2.14. The van der Waals surface area contributed by atoms with Gasteiger partial charge in [-0.05, 0) is 49.1 Å². The van der Waals surface area contributed by atoms with E-state index in [2.05, 4.69) is 22.2 Å². The summed E-state index contributed by atoms with van der Waals surface area (Å²) in [6, 6.07) is 9.28. The van der Waals surface area contributed by atoms with E-state index in [-0.39, 0.29) is 11.5 Å². The standard InChI is InChI=1S/C23H27N3O3/c1-3-4-5-14-29-21-16(2)6-7-18-15-19(23(28)26-20(18)21)22(27)25-13-10-17-8-11-24-12-9-17/h6-9,11-12,15H,3-5,10,13-14H2,1-2H3,(H,25,27)(H,26,28). The van der Waals surface area contributed by atoms with Gasteiger partial charge < -0.3 is 15.0 Å². The van der Waals surface area contributed by atoms with Gasteiger partial charge in [-0.15, -0.1) is 0 Å². The molecule has 0 fully saturated rings. The van der Waals surface area contributed by atoms with Crippen molar-refractivity contribution < 1.29 is 9.53 Å². The summed E-state index contributed by atoms with van der Waals surface area (Å²) in [5.74, 6) is 0.300. The van der Waals surface area contributed by atoms with E-state index in [1.54, 1.807) is 18.5 Å². The zero-order chi connectivity index (χ0) is 20.6. The average Bonchev–Trinajstić information content (AvgIpc) is 2.73. The van der Waals surface area contributed by atoms with Crippen LogP contribution in [0.1, 0.15) is 47.7 Å². The molecule has 0 unspecified atom stereocenters. The lowest BCUT2D eigenvalue weighted by molar-refractivity contribution is 0.0953. The molecule has 2 aromatic heterocycles. The fourth-order valence-corrected chi connectivity index (χ4v) is 3.20. The molecule has 0 radical (unpaired) electrons. The van der Waals surface area contributed by atoms with Gasteiger partial charge >= 0.3 is 0 Å².